The second-order valence-electron chi connectivity index (χ2n) is 6.22. The monoisotopic (exact) mass is 277 g/mol. The molecule has 20 heavy (non-hydrogen) atoms. The fourth-order valence-electron chi connectivity index (χ4n) is 2.91. The van der Waals surface area contributed by atoms with Gasteiger partial charge in [-0.2, -0.15) is 0 Å². The first-order valence-corrected chi connectivity index (χ1v) is 7.66. The summed E-state index contributed by atoms with van der Waals surface area (Å²) in [6.45, 7) is 6.59. The summed E-state index contributed by atoms with van der Waals surface area (Å²) < 4.78 is 5.81. The van der Waals surface area contributed by atoms with Gasteiger partial charge in [-0.25, -0.2) is 0 Å². The lowest BCUT2D eigenvalue weighted by molar-refractivity contribution is -0.155. The number of hydrogen-bond donors (Lipinski definition) is 2. The Bertz CT molecular complexity index is 409. The van der Waals surface area contributed by atoms with Gasteiger partial charge >= 0.3 is 0 Å². The maximum absolute atomic E-state index is 10.7. The highest BCUT2D eigenvalue weighted by molar-refractivity contribution is 5.14. The Hall–Kier alpha value is -0.900. The molecule has 0 spiro atoms. The third-order valence-corrected chi connectivity index (χ3v) is 4.41. The molecular weight excluding hydrogens is 250 g/mol. The van der Waals surface area contributed by atoms with E-state index in [4.69, 9.17) is 4.74 Å². The molecule has 1 aromatic rings. The lowest BCUT2D eigenvalue weighted by Crippen LogP contribution is -2.48. The summed E-state index contributed by atoms with van der Waals surface area (Å²) in [7, 11) is 0. The van der Waals surface area contributed by atoms with E-state index in [2.05, 4.69) is 43.4 Å². The molecule has 112 valence electrons. The Balaban J connectivity index is 1.75. The van der Waals surface area contributed by atoms with Crippen LogP contribution in [0.5, 0.6) is 0 Å². The lowest BCUT2D eigenvalue weighted by atomic mass is 9.80. The van der Waals surface area contributed by atoms with Gasteiger partial charge in [0.2, 0.25) is 0 Å². The largest absolute Gasteiger partial charge is 0.390 e. The van der Waals surface area contributed by atoms with Crippen LogP contribution in [0.4, 0.5) is 0 Å². The van der Waals surface area contributed by atoms with Gasteiger partial charge in [-0.15, -0.1) is 0 Å². The zero-order valence-corrected chi connectivity index (χ0v) is 12.7. The molecule has 1 aliphatic heterocycles. The van der Waals surface area contributed by atoms with Crippen LogP contribution in [0.1, 0.15) is 45.1 Å². The van der Waals surface area contributed by atoms with E-state index in [0.29, 0.717) is 6.61 Å². The fourth-order valence-corrected chi connectivity index (χ4v) is 2.91. The predicted molar refractivity (Wildman–Crippen MR) is 81.6 cm³/mol. The van der Waals surface area contributed by atoms with Crippen molar-refractivity contribution in [2.24, 2.45) is 0 Å². The normalized spacial score (nSPS) is 30.4. The molecule has 0 bridgehead atoms. The smallest absolute Gasteiger partial charge is 0.0709 e. The first-order chi connectivity index (χ1) is 9.55. The van der Waals surface area contributed by atoms with Crippen LogP contribution in [-0.2, 0) is 11.3 Å². The van der Waals surface area contributed by atoms with Crippen LogP contribution < -0.4 is 5.32 Å². The molecule has 0 aliphatic carbocycles. The van der Waals surface area contributed by atoms with Crippen molar-refractivity contribution >= 4 is 0 Å². The number of benzene rings is 1. The topological polar surface area (TPSA) is 41.5 Å². The first kappa shape index (κ1) is 15.5. The van der Waals surface area contributed by atoms with Gasteiger partial charge in [0.05, 0.1) is 17.8 Å². The van der Waals surface area contributed by atoms with E-state index < -0.39 is 5.60 Å². The Labute approximate surface area is 122 Å². The molecule has 0 radical (unpaired) electrons. The van der Waals surface area contributed by atoms with Crippen molar-refractivity contribution in [3.63, 3.8) is 0 Å². The minimum Gasteiger partial charge on any atom is -0.390 e. The van der Waals surface area contributed by atoms with Crippen LogP contribution in [0, 0.1) is 0 Å². The molecule has 0 saturated carbocycles. The van der Waals surface area contributed by atoms with Gasteiger partial charge in [0.15, 0.2) is 0 Å². The van der Waals surface area contributed by atoms with Crippen molar-refractivity contribution in [2.75, 3.05) is 13.2 Å². The summed E-state index contributed by atoms with van der Waals surface area (Å²) in [5.74, 6) is 0. The van der Waals surface area contributed by atoms with Crippen molar-refractivity contribution < 1.29 is 9.84 Å². The van der Waals surface area contributed by atoms with Crippen LogP contribution in [0.25, 0.3) is 0 Å². The first-order valence-electron chi connectivity index (χ1n) is 7.66. The van der Waals surface area contributed by atoms with E-state index in [9.17, 15) is 5.11 Å². The molecule has 2 rings (SSSR count). The average molecular weight is 277 g/mol. The van der Waals surface area contributed by atoms with Crippen LogP contribution in [0.2, 0.25) is 0 Å². The Kier molecular flexibility index (Phi) is 5.19. The van der Waals surface area contributed by atoms with Gasteiger partial charge in [-0.05, 0) is 38.3 Å². The molecule has 0 unspecified atom stereocenters. The molecular formula is C17H27NO2. The quantitative estimate of drug-likeness (QED) is 0.786. The highest BCUT2D eigenvalue weighted by Crippen LogP contribution is 2.36. The average Bonchev–Trinajstić information content (AvgIpc) is 2.45. The van der Waals surface area contributed by atoms with Gasteiger partial charge < -0.3 is 15.2 Å². The molecule has 2 atom stereocenters. The van der Waals surface area contributed by atoms with Crippen LogP contribution >= 0.6 is 0 Å². The second-order valence-corrected chi connectivity index (χ2v) is 6.22. The molecule has 1 fully saturated rings. The third kappa shape index (κ3) is 4.30. The molecule has 1 aromatic carbocycles. The molecule has 1 aliphatic rings. The maximum Gasteiger partial charge on any atom is 0.0709 e. The van der Waals surface area contributed by atoms with Crippen molar-refractivity contribution in [2.45, 2.75) is 57.3 Å². The van der Waals surface area contributed by atoms with Crippen LogP contribution in [-0.4, -0.2) is 29.5 Å². The maximum atomic E-state index is 10.7. The minimum absolute atomic E-state index is 0.160. The third-order valence-electron chi connectivity index (χ3n) is 4.41. The molecule has 2 N–H and O–H groups in total. The summed E-state index contributed by atoms with van der Waals surface area (Å²) in [5.41, 5.74) is 0.545. The Morgan fingerprint density at radius 1 is 1.30 bits per heavy atom. The highest BCUT2D eigenvalue weighted by atomic mass is 16.5. The summed E-state index contributed by atoms with van der Waals surface area (Å²) in [6.07, 6.45) is 3.23. The van der Waals surface area contributed by atoms with Gasteiger partial charge in [0.25, 0.3) is 0 Å². The van der Waals surface area contributed by atoms with E-state index in [1.54, 1.807) is 0 Å². The van der Waals surface area contributed by atoms with Crippen molar-refractivity contribution in [1.82, 2.24) is 5.32 Å². The van der Waals surface area contributed by atoms with Gasteiger partial charge in [-0.3, -0.25) is 0 Å². The molecule has 1 saturated heterocycles. The molecule has 0 amide bonds. The minimum atomic E-state index is -0.577. The van der Waals surface area contributed by atoms with E-state index in [1.165, 1.54) is 5.56 Å². The molecule has 0 aromatic heterocycles. The Morgan fingerprint density at radius 2 is 2.05 bits per heavy atom. The zero-order chi connectivity index (χ0) is 14.5. The van der Waals surface area contributed by atoms with Gasteiger partial charge in [0.1, 0.15) is 0 Å². The zero-order valence-electron chi connectivity index (χ0n) is 12.7. The Morgan fingerprint density at radius 3 is 2.75 bits per heavy atom. The van der Waals surface area contributed by atoms with E-state index in [-0.39, 0.29) is 5.60 Å². The molecule has 1 heterocycles. The van der Waals surface area contributed by atoms with Gasteiger partial charge in [-0.1, -0.05) is 37.3 Å². The molecule has 3 nitrogen and oxygen atoms in total. The standard InChI is InChI=1S/C17H27NO2/c1-3-16(2)14-17(19,10-12-20-16)9-11-18-13-15-7-5-4-6-8-15/h4-8,18-19H,3,9-14H2,1-2H3/t16-,17+/m0/s1. The summed E-state index contributed by atoms with van der Waals surface area (Å²) in [4.78, 5) is 0. The molecule has 3 heteroatoms. The van der Waals surface area contributed by atoms with Crippen molar-refractivity contribution in [1.29, 1.82) is 0 Å². The van der Waals surface area contributed by atoms with Crippen molar-refractivity contribution in [3.05, 3.63) is 35.9 Å². The predicted octanol–water partition coefficient (Wildman–Crippen LogP) is 2.88. The fraction of sp³-hybridized carbons (Fsp3) is 0.647. The number of aliphatic hydroxyl groups is 1. The van der Waals surface area contributed by atoms with Crippen molar-refractivity contribution in [3.8, 4) is 0 Å². The lowest BCUT2D eigenvalue weighted by Gasteiger charge is -2.43. The van der Waals surface area contributed by atoms with Crippen LogP contribution in [0.3, 0.4) is 0 Å². The summed E-state index contributed by atoms with van der Waals surface area (Å²) in [5, 5.41) is 14.1. The summed E-state index contributed by atoms with van der Waals surface area (Å²) in [6, 6.07) is 10.4. The number of nitrogens with one attached hydrogen (secondary N) is 1. The number of hydrogen-bond acceptors (Lipinski definition) is 3. The highest BCUT2D eigenvalue weighted by Gasteiger charge is 2.40. The number of rotatable bonds is 6. The van der Waals surface area contributed by atoms with Gasteiger partial charge in [0, 0.05) is 13.0 Å². The van der Waals surface area contributed by atoms with E-state index >= 15 is 0 Å². The number of ether oxygens (including phenoxy) is 1. The second kappa shape index (κ2) is 6.70. The van der Waals surface area contributed by atoms with Crippen LogP contribution in [0.15, 0.2) is 30.3 Å². The van der Waals surface area contributed by atoms with E-state index in [1.807, 2.05) is 6.07 Å². The summed E-state index contributed by atoms with van der Waals surface area (Å²) >= 11 is 0. The SMILES string of the molecule is CC[C@@]1(C)C[C@@](O)(CCNCc2ccccc2)CCO1. The van der Waals surface area contributed by atoms with E-state index in [0.717, 1.165) is 38.8 Å².